The summed E-state index contributed by atoms with van der Waals surface area (Å²) in [6.45, 7) is 12.5. The quantitative estimate of drug-likeness (QED) is 0.730. The van der Waals surface area contributed by atoms with Crippen LogP contribution in [0, 0.1) is 11.3 Å². The Bertz CT molecular complexity index is 396. The molecule has 1 rings (SSSR count). The van der Waals surface area contributed by atoms with E-state index in [0.717, 1.165) is 32.4 Å². The Morgan fingerprint density at radius 1 is 1.24 bits per heavy atom. The molecule has 21 heavy (non-hydrogen) atoms. The Morgan fingerprint density at radius 3 is 2.29 bits per heavy atom. The monoisotopic (exact) mass is 319 g/mol. The number of piperidine rings is 1. The predicted octanol–water partition coefficient (Wildman–Crippen LogP) is 1.92. The zero-order valence-electron chi connectivity index (χ0n) is 14.4. The summed E-state index contributed by atoms with van der Waals surface area (Å²) in [6, 6.07) is 0. The summed E-state index contributed by atoms with van der Waals surface area (Å²) in [6.07, 6.45) is 2.78. The fourth-order valence-corrected chi connectivity index (χ4v) is 4.29. The van der Waals surface area contributed by atoms with E-state index in [2.05, 4.69) is 33.0 Å². The Hall–Kier alpha value is -0.170. The van der Waals surface area contributed by atoms with Crippen LogP contribution in [0.5, 0.6) is 0 Å². The minimum absolute atomic E-state index is 0.271. The molecule has 6 heteroatoms. The Kier molecular flexibility index (Phi) is 7.10. The first-order valence-corrected chi connectivity index (χ1v) is 9.51. The first kappa shape index (κ1) is 18.9. The molecule has 0 radical (unpaired) electrons. The van der Waals surface area contributed by atoms with Crippen LogP contribution < -0.4 is 5.32 Å². The SMILES string of the molecule is CCNCCCN(C)S(=O)(=O)N1CCC(C(C)(C)C)CC1. The van der Waals surface area contributed by atoms with E-state index in [1.807, 2.05) is 0 Å². The van der Waals surface area contributed by atoms with Gasteiger partial charge in [0.1, 0.15) is 0 Å². The lowest BCUT2D eigenvalue weighted by atomic mass is 9.76. The third kappa shape index (κ3) is 5.51. The molecule has 0 atom stereocenters. The lowest BCUT2D eigenvalue weighted by Crippen LogP contribution is -2.47. The number of hydrogen-bond donors (Lipinski definition) is 1. The van der Waals surface area contributed by atoms with Gasteiger partial charge in [-0.1, -0.05) is 27.7 Å². The van der Waals surface area contributed by atoms with Gasteiger partial charge in [0.05, 0.1) is 0 Å². The zero-order chi connectivity index (χ0) is 16.1. The Morgan fingerprint density at radius 2 is 1.81 bits per heavy atom. The van der Waals surface area contributed by atoms with E-state index in [4.69, 9.17) is 0 Å². The van der Waals surface area contributed by atoms with Crippen LogP contribution in [-0.4, -0.2) is 56.8 Å². The van der Waals surface area contributed by atoms with Crippen molar-refractivity contribution in [1.82, 2.24) is 13.9 Å². The van der Waals surface area contributed by atoms with Crippen molar-refractivity contribution in [2.75, 3.05) is 39.8 Å². The third-order valence-corrected chi connectivity index (χ3v) is 6.46. The topological polar surface area (TPSA) is 52.7 Å². The molecule has 5 nitrogen and oxygen atoms in total. The van der Waals surface area contributed by atoms with Gasteiger partial charge in [-0.25, -0.2) is 0 Å². The molecule has 0 amide bonds. The molecule has 0 unspecified atom stereocenters. The average Bonchev–Trinajstić information content (AvgIpc) is 2.42. The van der Waals surface area contributed by atoms with Gasteiger partial charge in [0.15, 0.2) is 0 Å². The summed E-state index contributed by atoms with van der Waals surface area (Å²) in [5, 5.41) is 3.22. The van der Waals surface area contributed by atoms with Gasteiger partial charge in [0.2, 0.25) is 0 Å². The first-order chi connectivity index (χ1) is 9.69. The number of nitrogens with zero attached hydrogens (tertiary/aromatic N) is 2. The normalized spacial score (nSPS) is 19.3. The van der Waals surface area contributed by atoms with Crippen molar-refractivity contribution >= 4 is 10.2 Å². The van der Waals surface area contributed by atoms with Crippen LogP contribution in [0.3, 0.4) is 0 Å². The summed E-state index contributed by atoms with van der Waals surface area (Å²) in [4.78, 5) is 0. The maximum atomic E-state index is 12.5. The standard InChI is InChI=1S/C15H33N3O2S/c1-6-16-10-7-11-17(5)21(19,20)18-12-8-14(9-13-18)15(2,3)4/h14,16H,6-13H2,1-5H3. The van der Waals surface area contributed by atoms with Crippen LogP contribution in [0.4, 0.5) is 0 Å². The van der Waals surface area contributed by atoms with Crippen LogP contribution in [0.15, 0.2) is 0 Å². The molecule has 1 fully saturated rings. The highest BCUT2D eigenvalue weighted by Gasteiger charge is 2.34. The van der Waals surface area contributed by atoms with E-state index in [9.17, 15) is 8.42 Å². The third-order valence-electron chi connectivity index (χ3n) is 4.48. The molecule has 0 aromatic rings. The summed E-state index contributed by atoms with van der Waals surface area (Å²) in [5.74, 6) is 0.614. The fourth-order valence-electron chi connectivity index (χ4n) is 2.87. The number of nitrogens with one attached hydrogen (secondary N) is 1. The molecule has 1 aliphatic heterocycles. The van der Waals surface area contributed by atoms with Gasteiger partial charge in [-0.2, -0.15) is 17.0 Å². The van der Waals surface area contributed by atoms with Crippen molar-refractivity contribution in [3.63, 3.8) is 0 Å². The average molecular weight is 320 g/mol. The molecule has 0 bridgehead atoms. The number of hydrogen-bond acceptors (Lipinski definition) is 3. The van der Waals surface area contributed by atoms with Gasteiger partial charge < -0.3 is 5.32 Å². The van der Waals surface area contributed by atoms with Crippen LogP contribution >= 0.6 is 0 Å². The Labute approximate surface area is 131 Å². The highest BCUT2D eigenvalue weighted by Crippen LogP contribution is 2.35. The van der Waals surface area contributed by atoms with Crippen molar-refractivity contribution in [3.8, 4) is 0 Å². The summed E-state index contributed by atoms with van der Waals surface area (Å²) >= 11 is 0. The molecule has 0 spiro atoms. The maximum Gasteiger partial charge on any atom is 0.281 e. The molecule has 1 heterocycles. The smallest absolute Gasteiger partial charge is 0.281 e. The lowest BCUT2D eigenvalue weighted by Gasteiger charge is -2.39. The highest BCUT2D eigenvalue weighted by atomic mass is 32.2. The van der Waals surface area contributed by atoms with E-state index < -0.39 is 10.2 Å². The molecule has 1 saturated heterocycles. The van der Waals surface area contributed by atoms with E-state index in [1.165, 1.54) is 4.31 Å². The second-order valence-electron chi connectivity index (χ2n) is 7.08. The molecular weight excluding hydrogens is 286 g/mol. The van der Waals surface area contributed by atoms with E-state index >= 15 is 0 Å². The van der Waals surface area contributed by atoms with Gasteiger partial charge in [0.25, 0.3) is 10.2 Å². The minimum Gasteiger partial charge on any atom is -0.317 e. The van der Waals surface area contributed by atoms with Crippen LogP contribution in [-0.2, 0) is 10.2 Å². The van der Waals surface area contributed by atoms with Gasteiger partial charge in [-0.3, -0.25) is 0 Å². The fraction of sp³-hybridized carbons (Fsp3) is 1.00. The predicted molar refractivity (Wildman–Crippen MR) is 88.5 cm³/mol. The maximum absolute atomic E-state index is 12.5. The van der Waals surface area contributed by atoms with Gasteiger partial charge in [-0.05, 0) is 43.7 Å². The second kappa shape index (κ2) is 7.90. The molecule has 1 N–H and O–H groups in total. The van der Waals surface area contributed by atoms with E-state index in [0.29, 0.717) is 25.6 Å². The molecule has 126 valence electrons. The van der Waals surface area contributed by atoms with Crippen LogP contribution in [0.2, 0.25) is 0 Å². The molecule has 0 aliphatic carbocycles. The largest absolute Gasteiger partial charge is 0.317 e. The molecule has 0 aromatic heterocycles. The second-order valence-corrected chi connectivity index (χ2v) is 9.11. The van der Waals surface area contributed by atoms with Crippen molar-refractivity contribution < 1.29 is 8.42 Å². The van der Waals surface area contributed by atoms with Crippen molar-refractivity contribution in [3.05, 3.63) is 0 Å². The zero-order valence-corrected chi connectivity index (χ0v) is 15.2. The van der Waals surface area contributed by atoms with Crippen LogP contribution in [0.1, 0.15) is 47.0 Å². The van der Waals surface area contributed by atoms with E-state index in [1.54, 1.807) is 11.4 Å². The van der Waals surface area contributed by atoms with Crippen LogP contribution in [0.25, 0.3) is 0 Å². The van der Waals surface area contributed by atoms with Crippen molar-refractivity contribution in [2.24, 2.45) is 11.3 Å². The van der Waals surface area contributed by atoms with Crippen molar-refractivity contribution in [2.45, 2.75) is 47.0 Å². The first-order valence-electron chi connectivity index (χ1n) is 8.11. The minimum atomic E-state index is -3.28. The van der Waals surface area contributed by atoms with Gasteiger partial charge in [-0.15, -0.1) is 0 Å². The summed E-state index contributed by atoms with van der Waals surface area (Å²) in [7, 11) is -1.59. The molecule has 0 aromatic carbocycles. The summed E-state index contributed by atoms with van der Waals surface area (Å²) in [5.41, 5.74) is 0.271. The van der Waals surface area contributed by atoms with E-state index in [-0.39, 0.29) is 5.41 Å². The highest BCUT2D eigenvalue weighted by molar-refractivity contribution is 7.86. The molecule has 0 saturated carbocycles. The van der Waals surface area contributed by atoms with Crippen molar-refractivity contribution in [1.29, 1.82) is 0 Å². The molecule has 1 aliphatic rings. The summed E-state index contributed by atoms with van der Waals surface area (Å²) < 4.78 is 28.2. The van der Waals surface area contributed by atoms with Gasteiger partial charge in [0, 0.05) is 26.7 Å². The molecular formula is C15H33N3O2S. The Balaban J connectivity index is 2.48. The van der Waals surface area contributed by atoms with Gasteiger partial charge >= 0.3 is 0 Å². The number of rotatable bonds is 7. The lowest BCUT2D eigenvalue weighted by molar-refractivity contribution is 0.150.